The fraction of sp³-hybridized carbons (Fsp3) is 0.312. The van der Waals surface area contributed by atoms with Crippen molar-refractivity contribution in [2.24, 2.45) is 0 Å². The van der Waals surface area contributed by atoms with Crippen molar-refractivity contribution in [1.29, 1.82) is 0 Å². The number of nitrogens with one attached hydrogen (secondary N) is 1. The molecule has 2 aromatic rings. The van der Waals surface area contributed by atoms with Crippen LogP contribution in [0.3, 0.4) is 0 Å². The second-order valence-electron chi connectivity index (χ2n) is 4.89. The van der Waals surface area contributed by atoms with Gasteiger partial charge in [-0.05, 0) is 44.0 Å². The highest BCUT2D eigenvalue weighted by atomic mass is 32.2. The fourth-order valence-corrected chi connectivity index (χ4v) is 2.73. The molecule has 0 atom stereocenters. The molecule has 0 spiro atoms. The highest BCUT2D eigenvalue weighted by Crippen LogP contribution is 2.19. The number of hydrogen-bond acceptors (Lipinski definition) is 4. The van der Waals surface area contributed by atoms with Gasteiger partial charge in [-0.1, -0.05) is 12.1 Å². The summed E-state index contributed by atoms with van der Waals surface area (Å²) in [6.45, 7) is 5.99. The molecule has 1 heterocycles. The summed E-state index contributed by atoms with van der Waals surface area (Å²) in [7, 11) is 0. The predicted molar refractivity (Wildman–Crippen MR) is 86.7 cm³/mol. The van der Waals surface area contributed by atoms with Crippen molar-refractivity contribution in [3.05, 3.63) is 47.4 Å². The molecule has 0 bridgehead atoms. The van der Waals surface area contributed by atoms with E-state index in [1.54, 1.807) is 18.1 Å². The van der Waals surface area contributed by atoms with E-state index in [9.17, 15) is 4.79 Å². The summed E-state index contributed by atoms with van der Waals surface area (Å²) in [6, 6.07) is 7.85. The number of benzene rings is 1. The van der Waals surface area contributed by atoms with Crippen molar-refractivity contribution < 1.29 is 4.79 Å². The van der Waals surface area contributed by atoms with Gasteiger partial charge in [0.15, 0.2) is 0 Å². The van der Waals surface area contributed by atoms with Crippen molar-refractivity contribution in [3.63, 3.8) is 0 Å². The van der Waals surface area contributed by atoms with Gasteiger partial charge in [-0.3, -0.25) is 4.79 Å². The minimum atomic E-state index is 0.0296. The van der Waals surface area contributed by atoms with E-state index in [1.165, 1.54) is 5.56 Å². The Bertz CT molecular complexity index is 643. The van der Waals surface area contributed by atoms with E-state index in [2.05, 4.69) is 15.3 Å². The van der Waals surface area contributed by atoms with Crippen molar-refractivity contribution in [2.45, 2.75) is 32.2 Å². The zero-order valence-corrected chi connectivity index (χ0v) is 13.3. The van der Waals surface area contributed by atoms with Gasteiger partial charge in [-0.2, -0.15) is 0 Å². The maximum absolute atomic E-state index is 12.0. The normalized spacial score (nSPS) is 10.4. The quantitative estimate of drug-likeness (QED) is 0.678. The Labute approximate surface area is 129 Å². The molecular weight excluding hydrogens is 282 g/mol. The Morgan fingerprint density at radius 1 is 1.24 bits per heavy atom. The summed E-state index contributed by atoms with van der Waals surface area (Å²) in [5.41, 5.74) is 4.12. The van der Waals surface area contributed by atoms with Crippen LogP contribution < -0.4 is 5.32 Å². The largest absolute Gasteiger partial charge is 0.326 e. The molecule has 1 N–H and O–H groups in total. The molecule has 110 valence electrons. The van der Waals surface area contributed by atoms with Gasteiger partial charge in [-0.25, -0.2) is 9.97 Å². The number of carbonyl (C=O) groups is 1. The van der Waals surface area contributed by atoms with Crippen molar-refractivity contribution in [1.82, 2.24) is 9.97 Å². The maximum Gasteiger partial charge on any atom is 0.225 e. The Morgan fingerprint density at radius 2 is 2.05 bits per heavy atom. The van der Waals surface area contributed by atoms with E-state index in [0.717, 1.165) is 22.0 Å². The number of rotatable bonds is 5. The molecule has 1 amide bonds. The SMILES string of the molecule is Cc1cc(SCCC(=O)Nc2cccc(C)c2C)ncn1. The molecule has 5 heteroatoms. The first-order chi connectivity index (χ1) is 10.1. The Kier molecular flexibility index (Phi) is 5.33. The molecule has 0 aliphatic rings. The minimum absolute atomic E-state index is 0.0296. The second kappa shape index (κ2) is 7.22. The average molecular weight is 301 g/mol. The van der Waals surface area contributed by atoms with Crippen LogP contribution in [0.15, 0.2) is 35.6 Å². The number of amides is 1. The topological polar surface area (TPSA) is 54.9 Å². The first-order valence-corrected chi connectivity index (χ1v) is 7.82. The lowest BCUT2D eigenvalue weighted by atomic mass is 10.1. The van der Waals surface area contributed by atoms with Crippen molar-refractivity contribution in [3.8, 4) is 0 Å². The monoisotopic (exact) mass is 301 g/mol. The van der Waals surface area contributed by atoms with Crippen LogP contribution in [0, 0.1) is 20.8 Å². The van der Waals surface area contributed by atoms with Crippen molar-refractivity contribution >= 4 is 23.4 Å². The zero-order valence-electron chi connectivity index (χ0n) is 12.5. The summed E-state index contributed by atoms with van der Waals surface area (Å²) >= 11 is 1.57. The van der Waals surface area contributed by atoms with Crippen LogP contribution in [0.25, 0.3) is 0 Å². The average Bonchev–Trinajstić information content (AvgIpc) is 2.44. The Balaban J connectivity index is 1.84. The molecule has 0 aliphatic heterocycles. The van der Waals surface area contributed by atoms with E-state index in [1.807, 2.05) is 45.0 Å². The minimum Gasteiger partial charge on any atom is -0.326 e. The van der Waals surface area contributed by atoms with E-state index in [0.29, 0.717) is 12.2 Å². The van der Waals surface area contributed by atoms with Crippen molar-refractivity contribution in [2.75, 3.05) is 11.1 Å². The first kappa shape index (κ1) is 15.5. The molecule has 0 fully saturated rings. The summed E-state index contributed by atoms with van der Waals surface area (Å²) in [4.78, 5) is 20.2. The number of hydrogen-bond donors (Lipinski definition) is 1. The van der Waals surface area contributed by atoms with Crippen LogP contribution >= 0.6 is 11.8 Å². The highest BCUT2D eigenvalue weighted by Gasteiger charge is 2.06. The van der Waals surface area contributed by atoms with Gasteiger partial charge in [0.05, 0.1) is 5.03 Å². The smallest absolute Gasteiger partial charge is 0.225 e. The molecule has 1 aromatic heterocycles. The molecule has 0 aliphatic carbocycles. The first-order valence-electron chi connectivity index (χ1n) is 6.84. The van der Waals surface area contributed by atoms with Crippen LogP contribution in [0.4, 0.5) is 5.69 Å². The van der Waals surface area contributed by atoms with Gasteiger partial charge in [0.1, 0.15) is 6.33 Å². The molecular formula is C16H19N3OS. The molecule has 21 heavy (non-hydrogen) atoms. The van der Waals surface area contributed by atoms with Gasteiger partial charge in [0.2, 0.25) is 5.91 Å². The molecule has 0 saturated carbocycles. The van der Waals surface area contributed by atoms with E-state index < -0.39 is 0 Å². The summed E-state index contributed by atoms with van der Waals surface area (Å²) in [5, 5.41) is 3.87. The lowest BCUT2D eigenvalue weighted by Gasteiger charge is -2.10. The van der Waals surface area contributed by atoms with Crippen LogP contribution in [0.1, 0.15) is 23.2 Å². The van der Waals surface area contributed by atoms with Gasteiger partial charge >= 0.3 is 0 Å². The third-order valence-electron chi connectivity index (χ3n) is 3.24. The summed E-state index contributed by atoms with van der Waals surface area (Å²) < 4.78 is 0. The van der Waals surface area contributed by atoms with E-state index >= 15 is 0 Å². The molecule has 0 radical (unpaired) electrons. The Morgan fingerprint density at radius 3 is 2.81 bits per heavy atom. The van der Waals surface area contributed by atoms with Crippen LogP contribution in [-0.4, -0.2) is 21.6 Å². The van der Waals surface area contributed by atoms with Crippen LogP contribution in [0.2, 0.25) is 0 Å². The molecule has 0 unspecified atom stereocenters. The number of aryl methyl sites for hydroxylation is 2. The molecule has 1 aromatic carbocycles. The second-order valence-corrected chi connectivity index (χ2v) is 6.01. The number of thioether (sulfide) groups is 1. The highest BCUT2D eigenvalue weighted by molar-refractivity contribution is 7.99. The fourth-order valence-electron chi connectivity index (χ4n) is 1.86. The van der Waals surface area contributed by atoms with Crippen LogP contribution in [0.5, 0.6) is 0 Å². The standard InChI is InChI=1S/C16H19N3OS/c1-11-5-4-6-14(13(11)3)19-15(20)7-8-21-16-9-12(2)17-10-18-16/h4-6,9-10H,7-8H2,1-3H3,(H,19,20). The molecule has 0 saturated heterocycles. The third-order valence-corrected chi connectivity index (χ3v) is 4.16. The third kappa shape index (κ3) is 4.56. The zero-order chi connectivity index (χ0) is 15.2. The maximum atomic E-state index is 12.0. The lowest BCUT2D eigenvalue weighted by molar-refractivity contribution is -0.115. The number of nitrogens with zero attached hydrogens (tertiary/aromatic N) is 2. The summed E-state index contributed by atoms with van der Waals surface area (Å²) in [5.74, 6) is 0.731. The van der Waals surface area contributed by atoms with E-state index in [4.69, 9.17) is 0 Å². The lowest BCUT2D eigenvalue weighted by Crippen LogP contribution is -2.13. The molecule has 4 nitrogen and oxygen atoms in total. The number of aromatic nitrogens is 2. The van der Waals surface area contributed by atoms with E-state index in [-0.39, 0.29) is 5.91 Å². The summed E-state index contributed by atoms with van der Waals surface area (Å²) in [6.07, 6.45) is 2.01. The number of carbonyl (C=O) groups excluding carboxylic acids is 1. The Hall–Kier alpha value is -1.88. The van der Waals surface area contributed by atoms with Gasteiger partial charge in [-0.15, -0.1) is 11.8 Å². The predicted octanol–water partition coefficient (Wildman–Crippen LogP) is 3.52. The van der Waals surface area contributed by atoms with Gasteiger partial charge in [0.25, 0.3) is 0 Å². The van der Waals surface area contributed by atoms with Crippen LogP contribution in [-0.2, 0) is 4.79 Å². The molecule has 2 rings (SSSR count). The number of anilines is 1. The van der Waals surface area contributed by atoms with Gasteiger partial charge in [0, 0.05) is 23.6 Å². The van der Waals surface area contributed by atoms with Gasteiger partial charge < -0.3 is 5.32 Å².